The van der Waals surface area contributed by atoms with Crippen molar-refractivity contribution in [3.63, 3.8) is 0 Å². The summed E-state index contributed by atoms with van der Waals surface area (Å²) in [5.74, 6) is -0.619. The first kappa shape index (κ1) is 13.7. The molecule has 19 heavy (non-hydrogen) atoms. The number of sulfonamides is 1. The van der Waals surface area contributed by atoms with E-state index >= 15 is 0 Å². The quantitative estimate of drug-likeness (QED) is 0.807. The number of nitrogens with two attached hydrogens (primary N) is 1. The minimum atomic E-state index is -3.90. The molecule has 0 aliphatic rings. The highest BCUT2D eigenvalue weighted by molar-refractivity contribution is 9.10. The largest absolute Gasteiger partial charge is 0.396 e. The van der Waals surface area contributed by atoms with Crippen molar-refractivity contribution >= 4 is 37.3 Å². The number of nitrogens with zero attached hydrogens (tertiary/aromatic N) is 3. The molecule has 1 aromatic heterocycles. The van der Waals surface area contributed by atoms with E-state index < -0.39 is 15.8 Å². The molecule has 0 fully saturated rings. The Bertz CT molecular complexity index is 711. The van der Waals surface area contributed by atoms with Gasteiger partial charge in [-0.1, -0.05) is 5.21 Å². The Labute approximate surface area is 116 Å². The number of benzene rings is 1. The minimum absolute atomic E-state index is 0.0811. The third kappa shape index (κ3) is 2.68. The lowest BCUT2D eigenvalue weighted by molar-refractivity contribution is 0.578. The summed E-state index contributed by atoms with van der Waals surface area (Å²) in [4.78, 5) is 0. The molecule has 0 aliphatic heterocycles. The Morgan fingerprint density at radius 1 is 1.47 bits per heavy atom. The summed E-state index contributed by atoms with van der Waals surface area (Å²) < 4.78 is 40.7. The van der Waals surface area contributed by atoms with Gasteiger partial charge < -0.3 is 5.73 Å². The fourth-order valence-corrected chi connectivity index (χ4v) is 3.57. The summed E-state index contributed by atoms with van der Waals surface area (Å²) in [6.45, 7) is 0. The monoisotopic (exact) mass is 349 g/mol. The molecule has 0 saturated heterocycles. The summed E-state index contributed by atoms with van der Waals surface area (Å²) in [5, 5.41) is 7.01. The second-order valence-electron chi connectivity index (χ2n) is 3.65. The molecule has 0 unspecified atom stereocenters. The molecule has 3 N–H and O–H groups in total. The molecule has 2 rings (SSSR count). The van der Waals surface area contributed by atoms with Gasteiger partial charge in [0, 0.05) is 7.05 Å². The Morgan fingerprint density at radius 2 is 2.16 bits per heavy atom. The van der Waals surface area contributed by atoms with Crippen LogP contribution in [0.5, 0.6) is 0 Å². The van der Waals surface area contributed by atoms with Crippen molar-refractivity contribution in [2.75, 3.05) is 10.5 Å². The maximum absolute atomic E-state index is 13.0. The summed E-state index contributed by atoms with van der Waals surface area (Å²) in [7, 11) is -2.46. The average molecular weight is 350 g/mol. The minimum Gasteiger partial charge on any atom is -0.396 e. The van der Waals surface area contributed by atoms with Crippen molar-refractivity contribution in [3.05, 3.63) is 28.6 Å². The molecule has 0 spiro atoms. The van der Waals surface area contributed by atoms with Gasteiger partial charge in [-0.3, -0.25) is 4.72 Å². The number of anilines is 2. The standard InChI is InChI=1S/C9H9BrFN5O2S/c1-16-9(8(10)13-15-16)19(17,18)14-5-2-3-6(11)7(12)4-5/h2-4,14H,12H2,1H3. The van der Waals surface area contributed by atoms with Crippen LogP contribution in [-0.4, -0.2) is 23.4 Å². The molecular weight excluding hydrogens is 341 g/mol. The van der Waals surface area contributed by atoms with E-state index in [4.69, 9.17) is 5.73 Å². The topological polar surface area (TPSA) is 103 Å². The van der Waals surface area contributed by atoms with Gasteiger partial charge >= 0.3 is 0 Å². The molecule has 0 radical (unpaired) electrons. The Balaban J connectivity index is 2.39. The summed E-state index contributed by atoms with van der Waals surface area (Å²) in [5.41, 5.74) is 5.36. The van der Waals surface area contributed by atoms with Gasteiger partial charge in [0.25, 0.3) is 10.0 Å². The van der Waals surface area contributed by atoms with Crippen molar-refractivity contribution < 1.29 is 12.8 Å². The van der Waals surface area contributed by atoms with Crippen LogP contribution in [0, 0.1) is 5.82 Å². The molecule has 0 amide bonds. The fourth-order valence-electron chi connectivity index (χ4n) is 1.42. The molecule has 10 heteroatoms. The predicted molar refractivity (Wildman–Crippen MR) is 70.3 cm³/mol. The molecule has 7 nitrogen and oxygen atoms in total. The van der Waals surface area contributed by atoms with E-state index in [9.17, 15) is 12.8 Å². The van der Waals surface area contributed by atoms with Gasteiger partial charge in [-0.15, -0.1) is 5.10 Å². The maximum Gasteiger partial charge on any atom is 0.281 e. The van der Waals surface area contributed by atoms with Crippen LogP contribution >= 0.6 is 15.9 Å². The van der Waals surface area contributed by atoms with Crippen molar-refractivity contribution in [1.29, 1.82) is 0 Å². The predicted octanol–water partition coefficient (Wildman–Crippen LogP) is 1.10. The van der Waals surface area contributed by atoms with Crippen molar-refractivity contribution in [2.45, 2.75) is 5.03 Å². The highest BCUT2D eigenvalue weighted by atomic mass is 79.9. The Kier molecular flexibility index (Phi) is 3.45. The van der Waals surface area contributed by atoms with Gasteiger partial charge in [0.1, 0.15) is 5.82 Å². The number of hydrogen-bond acceptors (Lipinski definition) is 5. The molecular formula is C9H9BrFN5O2S. The molecule has 0 atom stereocenters. The van der Waals surface area contributed by atoms with E-state index in [2.05, 4.69) is 31.0 Å². The maximum atomic E-state index is 13.0. The SMILES string of the molecule is Cn1nnc(Br)c1S(=O)(=O)Nc1ccc(F)c(N)c1. The number of nitrogen functional groups attached to an aromatic ring is 1. The number of rotatable bonds is 3. The van der Waals surface area contributed by atoms with Crippen LogP contribution in [0.3, 0.4) is 0 Å². The normalized spacial score (nSPS) is 11.5. The lowest BCUT2D eigenvalue weighted by Gasteiger charge is -2.08. The van der Waals surface area contributed by atoms with Crippen LogP contribution in [-0.2, 0) is 17.1 Å². The second kappa shape index (κ2) is 4.78. The highest BCUT2D eigenvalue weighted by Crippen LogP contribution is 2.23. The number of aromatic nitrogens is 3. The van der Waals surface area contributed by atoms with E-state index in [-0.39, 0.29) is 21.0 Å². The zero-order valence-corrected chi connectivity index (χ0v) is 12.0. The van der Waals surface area contributed by atoms with Crippen molar-refractivity contribution in [3.8, 4) is 0 Å². The van der Waals surface area contributed by atoms with Gasteiger partial charge in [0.15, 0.2) is 4.60 Å². The van der Waals surface area contributed by atoms with Crippen LogP contribution < -0.4 is 10.5 Å². The van der Waals surface area contributed by atoms with Gasteiger partial charge in [0.2, 0.25) is 5.03 Å². The molecule has 0 bridgehead atoms. The van der Waals surface area contributed by atoms with Crippen molar-refractivity contribution in [2.24, 2.45) is 7.05 Å². The summed E-state index contributed by atoms with van der Waals surface area (Å²) >= 11 is 2.99. The number of nitrogens with one attached hydrogen (secondary N) is 1. The Hall–Kier alpha value is -1.68. The molecule has 0 saturated carbocycles. The smallest absolute Gasteiger partial charge is 0.281 e. The fraction of sp³-hybridized carbons (Fsp3) is 0.111. The molecule has 1 aromatic carbocycles. The first-order chi connectivity index (χ1) is 8.81. The van der Waals surface area contributed by atoms with E-state index in [1.54, 1.807) is 0 Å². The summed E-state index contributed by atoms with van der Waals surface area (Å²) in [6, 6.07) is 3.52. The third-order valence-corrected chi connectivity index (χ3v) is 4.51. The number of aryl methyl sites for hydroxylation is 1. The zero-order chi connectivity index (χ0) is 14.2. The Morgan fingerprint density at radius 3 is 2.68 bits per heavy atom. The first-order valence-electron chi connectivity index (χ1n) is 4.94. The van der Waals surface area contributed by atoms with Crippen LogP contribution in [0.15, 0.2) is 27.8 Å². The molecule has 2 aromatic rings. The number of hydrogen-bond donors (Lipinski definition) is 2. The third-order valence-electron chi connectivity index (χ3n) is 2.24. The van der Waals surface area contributed by atoms with Gasteiger partial charge in [-0.05, 0) is 34.1 Å². The summed E-state index contributed by atoms with van der Waals surface area (Å²) in [6.07, 6.45) is 0. The lowest BCUT2D eigenvalue weighted by Crippen LogP contribution is -2.17. The first-order valence-corrected chi connectivity index (χ1v) is 7.22. The van der Waals surface area contributed by atoms with Gasteiger partial charge in [-0.2, -0.15) is 8.42 Å². The van der Waals surface area contributed by atoms with Crippen LogP contribution in [0.25, 0.3) is 0 Å². The van der Waals surface area contributed by atoms with E-state index in [1.807, 2.05) is 0 Å². The van der Waals surface area contributed by atoms with Gasteiger partial charge in [-0.25, -0.2) is 9.07 Å². The highest BCUT2D eigenvalue weighted by Gasteiger charge is 2.24. The van der Waals surface area contributed by atoms with Crippen LogP contribution in [0.4, 0.5) is 15.8 Å². The van der Waals surface area contributed by atoms with Crippen LogP contribution in [0.1, 0.15) is 0 Å². The average Bonchev–Trinajstić information content (AvgIpc) is 2.64. The molecule has 0 aliphatic carbocycles. The van der Waals surface area contributed by atoms with E-state index in [0.717, 1.165) is 10.7 Å². The van der Waals surface area contributed by atoms with E-state index in [1.165, 1.54) is 19.2 Å². The van der Waals surface area contributed by atoms with Crippen LogP contribution in [0.2, 0.25) is 0 Å². The number of halogens is 2. The molecule has 102 valence electrons. The molecule has 1 heterocycles. The second-order valence-corrected chi connectivity index (χ2v) is 6.00. The van der Waals surface area contributed by atoms with E-state index in [0.29, 0.717) is 0 Å². The zero-order valence-electron chi connectivity index (χ0n) is 9.63. The van der Waals surface area contributed by atoms with Crippen molar-refractivity contribution in [1.82, 2.24) is 15.0 Å². The van der Waals surface area contributed by atoms with Gasteiger partial charge in [0.05, 0.1) is 11.4 Å². The lowest BCUT2D eigenvalue weighted by atomic mass is 10.3.